The average molecular weight is 224 g/mol. The second-order valence-corrected chi connectivity index (χ2v) is 5.06. The molecule has 0 N–H and O–H groups in total. The fourth-order valence-electron chi connectivity index (χ4n) is 1.14. The lowest BCUT2D eigenvalue weighted by atomic mass is 10.2. The second kappa shape index (κ2) is 3.98. The van der Waals surface area contributed by atoms with Crippen LogP contribution in [0.25, 0.3) is 11.3 Å². The van der Waals surface area contributed by atoms with Gasteiger partial charge in [0.1, 0.15) is 9.90 Å². The average Bonchev–Trinajstić information content (AvgIpc) is 2.67. The van der Waals surface area contributed by atoms with Crippen molar-refractivity contribution in [2.45, 2.75) is 4.21 Å². The van der Waals surface area contributed by atoms with E-state index in [1.165, 1.54) is 11.5 Å². The molecule has 1 aromatic heterocycles. The van der Waals surface area contributed by atoms with Crippen LogP contribution in [0.2, 0.25) is 0 Å². The van der Waals surface area contributed by atoms with Gasteiger partial charge < -0.3 is 0 Å². The summed E-state index contributed by atoms with van der Waals surface area (Å²) in [7, 11) is -1.02. The van der Waals surface area contributed by atoms with Gasteiger partial charge in [0.15, 0.2) is 0 Å². The number of aromatic nitrogens is 2. The van der Waals surface area contributed by atoms with Crippen LogP contribution in [0.15, 0.2) is 34.5 Å². The third kappa shape index (κ3) is 1.73. The van der Waals surface area contributed by atoms with Crippen molar-refractivity contribution >= 4 is 22.3 Å². The molecule has 0 bridgehead atoms. The van der Waals surface area contributed by atoms with Crippen molar-refractivity contribution in [3.05, 3.63) is 30.3 Å². The van der Waals surface area contributed by atoms with Gasteiger partial charge in [-0.25, -0.2) is 0 Å². The maximum Gasteiger partial charge on any atom is 0.140 e. The highest BCUT2D eigenvalue weighted by atomic mass is 32.2. The van der Waals surface area contributed by atoms with Gasteiger partial charge in [0.05, 0.1) is 10.8 Å². The van der Waals surface area contributed by atoms with E-state index < -0.39 is 10.8 Å². The largest absolute Gasteiger partial charge is 0.254 e. The minimum Gasteiger partial charge on any atom is -0.254 e. The predicted molar refractivity (Wildman–Crippen MR) is 57.7 cm³/mol. The molecule has 1 heterocycles. The summed E-state index contributed by atoms with van der Waals surface area (Å²) >= 11 is 1.19. The van der Waals surface area contributed by atoms with Gasteiger partial charge in [-0.15, -0.1) is 5.10 Å². The highest BCUT2D eigenvalue weighted by Gasteiger charge is 2.12. The summed E-state index contributed by atoms with van der Waals surface area (Å²) in [4.78, 5) is 0. The summed E-state index contributed by atoms with van der Waals surface area (Å²) in [5.41, 5.74) is 1.70. The van der Waals surface area contributed by atoms with Crippen LogP contribution in [0, 0.1) is 0 Å². The summed E-state index contributed by atoms with van der Waals surface area (Å²) in [6.07, 6.45) is 1.64. The van der Waals surface area contributed by atoms with E-state index in [1.807, 2.05) is 30.3 Å². The lowest BCUT2D eigenvalue weighted by Gasteiger charge is -1.96. The Bertz CT molecular complexity index is 453. The topological polar surface area (TPSA) is 42.9 Å². The first-order valence-corrected chi connectivity index (χ1v) is 6.33. The minimum atomic E-state index is -1.02. The molecule has 0 radical (unpaired) electrons. The number of rotatable bonds is 2. The smallest absolute Gasteiger partial charge is 0.140 e. The number of hydrogen-bond donors (Lipinski definition) is 0. The molecule has 1 unspecified atom stereocenters. The van der Waals surface area contributed by atoms with Gasteiger partial charge in [0.2, 0.25) is 0 Å². The van der Waals surface area contributed by atoms with Crippen LogP contribution in [-0.4, -0.2) is 20.1 Å². The summed E-state index contributed by atoms with van der Waals surface area (Å²) in [6, 6.07) is 9.67. The van der Waals surface area contributed by atoms with Crippen LogP contribution >= 0.6 is 11.5 Å². The molecule has 0 saturated heterocycles. The third-order valence-electron chi connectivity index (χ3n) is 1.77. The highest BCUT2D eigenvalue weighted by molar-refractivity contribution is 7.86. The SMILES string of the molecule is CS(=O)c1snnc1-c1ccccc1. The molecule has 1 aromatic carbocycles. The van der Waals surface area contributed by atoms with E-state index in [-0.39, 0.29) is 0 Å². The minimum absolute atomic E-state index is 0.733. The molecule has 2 rings (SSSR count). The van der Waals surface area contributed by atoms with Crippen molar-refractivity contribution in [2.24, 2.45) is 0 Å². The number of nitrogens with zero attached hydrogens (tertiary/aromatic N) is 2. The quantitative estimate of drug-likeness (QED) is 0.783. The summed E-state index contributed by atoms with van der Waals surface area (Å²) in [5.74, 6) is 0. The van der Waals surface area contributed by atoms with E-state index in [4.69, 9.17) is 0 Å². The van der Waals surface area contributed by atoms with Crippen molar-refractivity contribution in [1.82, 2.24) is 9.59 Å². The van der Waals surface area contributed by atoms with E-state index >= 15 is 0 Å². The molecule has 0 aliphatic rings. The summed E-state index contributed by atoms with van der Waals surface area (Å²) < 4.78 is 15.9. The van der Waals surface area contributed by atoms with E-state index in [9.17, 15) is 4.21 Å². The molecule has 2 aromatic rings. The maximum absolute atomic E-state index is 11.3. The number of hydrogen-bond acceptors (Lipinski definition) is 4. The van der Waals surface area contributed by atoms with Crippen LogP contribution < -0.4 is 0 Å². The zero-order valence-electron chi connectivity index (χ0n) is 7.51. The van der Waals surface area contributed by atoms with Gasteiger partial charge >= 0.3 is 0 Å². The Balaban J connectivity index is 2.52. The van der Waals surface area contributed by atoms with E-state index in [0.29, 0.717) is 0 Å². The zero-order valence-corrected chi connectivity index (χ0v) is 9.14. The Hall–Kier alpha value is -1.07. The Kier molecular flexibility index (Phi) is 2.69. The van der Waals surface area contributed by atoms with Crippen molar-refractivity contribution < 1.29 is 4.21 Å². The molecule has 0 fully saturated rings. The van der Waals surface area contributed by atoms with E-state index in [2.05, 4.69) is 9.59 Å². The molecule has 1 atom stereocenters. The molecular weight excluding hydrogens is 216 g/mol. The molecule has 14 heavy (non-hydrogen) atoms. The van der Waals surface area contributed by atoms with Gasteiger partial charge in [-0.1, -0.05) is 34.8 Å². The molecule has 5 heteroatoms. The summed E-state index contributed by atoms with van der Waals surface area (Å²) in [6.45, 7) is 0. The van der Waals surface area contributed by atoms with E-state index in [0.717, 1.165) is 15.5 Å². The predicted octanol–water partition coefficient (Wildman–Crippen LogP) is 1.94. The van der Waals surface area contributed by atoms with Crippen LogP contribution in [-0.2, 0) is 10.8 Å². The van der Waals surface area contributed by atoms with Crippen LogP contribution in [0.5, 0.6) is 0 Å². The normalized spacial score (nSPS) is 12.6. The molecule has 0 aliphatic carbocycles. The van der Waals surface area contributed by atoms with Crippen LogP contribution in [0.1, 0.15) is 0 Å². The lowest BCUT2D eigenvalue weighted by Crippen LogP contribution is -1.87. The first kappa shape index (κ1) is 9.48. The van der Waals surface area contributed by atoms with Crippen LogP contribution in [0.4, 0.5) is 0 Å². The van der Waals surface area contributed by atoms with Crippen molar-refractivity contribution in [1.29, 1.82) is 0 Å². The van der Waals surface area contributed by atoms with Crippen molar-refractivity contribution in [3.63, 3.8) is 0 Å². The molecule has 0 spiro atoms. The van der Waals surface area contributed by atoms with Gasteiger partial charge in [-0.3, -0.25) is 4.21 Å². The number of benzene rings is 1. The van der Waals surface area contributed by atoms with Gasteiger partial charge in [0, 0.05) is 11.8 Å². The van der Waals surface area contributed by atoms with Gasteiger partial charge in [-0.2, -0.15) is 0 Å². The zero-order chi connectivity index (χ0) is 9.97. The highest BCUT2D eigenvalue weighted by Crippen LogP contribution is 2.25. The molecule has 72 valence electrons. The Morgan fingerprint density at radius 3 is 2.64 bits per heavy atom. The Morgan fingerprint density at radius 1 is 1.29 bits per heavy atom. The monoisotopic (exact) mass is 224 g/mol. The maximum atomic E-state index is 11.3. The molecule has 0 amide bonds. The lowest BCUT2D eigenvalue weighted by molar-refractivity contribution is 0.688. The molecule has 0 aliphatic heterocycles. The molecule has 3 nitrogen and oxygen atoms in total. The first-order valence-electron chi connectivity index (χ1n) is 4.00. The molecule has 0 saturated carbocycles. The standard InChI is InChI=1S/C9H8N2OS2/c1-14(12)9-8(10-11-13-9)7-5-3-2-4-6-7/h2-6H,1H3. The molecular formula is C9H8N2OS2. The van der Waals surface area contributed by atoms with E-state index in [1.54, 1.807) is 6.26 Å². The Morgan fingerprint density at radius 2 is 2.00 bits per heavy atom. The summed E-state index contributed by atoms with van der Waals surface area (Å²) in [5, 5.41) is 3.98. The first-order chi connectivity index (χ1) is 6.79. The Labute approximate surface area is 88.4 Å². The van der Waals surface area contributed by atoms with Crippen molar-refractivity contribution in [3.8, 4) is 11.3 Å². The fraction of sp³-hybridized carbons (Fsp3) is 0.111. The fourth-order valence-corrected chi connectivity index (χ4v) is 2.54. The van der Waals surface area contributed by atoms with Gasteiger partial charge in [0.25, 0.3) is 0 Å². The van der Waals surface area contributed by atoms with Crippen LogP contribution in [0.3, 0.4) is 0 Å². The van der Waals surface area contributed by atoms with Gasteiger partial charge in [-0.05, 0) is 11.5 Å². The third-order valence-corrected chi connectivity index (χ3v) is 3.93. The second-order valence-electron chi connectivity index (χ2n) is 2.73. The van der Waals surface area contributed by atoms with Crippen molar-refractivity contribution in [2.75, 3.05) is 6.26 Å².